The number of hydrogen-bond donors (Lipinski definition) is 0. The summed E-state index contributed by atoms with van der Waals surface area (Å²) >= 11 is 0. The van der Waals surface area contributed by atoms with Gasteiger partial charge >= 0.3 is 0 Å². The Labute approximate surface area is 151 Å². The van der Waals surface area contributed by atoms with Gasteiger partial charge in [0, 0.05) is 18.7 Å². The first kappa shape index (κ1) is 23.2. The average Bonchev–Trinajstić information content (AvgIpc) is 2.53. The van der Waals surface area contributed by atoms with Gasteiger partial charge < -0.3 is 9.80 Å². The second-order valence-electron chi connectivity index (χ2n) is 7.41. The highest BCUT2D eigenvalue weighted by molar-refractivity contribution is 5.92. The van der Waals surface area contributed by atoms with Gasteiger partial charge in [-0.15, -0.1) is 0 Å². The van der Waals surface area contributed by atoms with E-state index in [1.807, 2.05) is 11.8 Å². The van der Waals surface area contributed by atoms with Crippen LogP contribution in [0.3, 0.4) is 0 Å². The minimum atomic E-state index is 0.129. The molecule has 0 aliphatic heterocycles. The van der Waals surface area contributed by atoms with Crippen molar-refractivity contribution in [3.63, 3.8) is 0 Å². The van der Waals surface area contributed by atoms with Crippen molar-refractivity contribution in [2.45, 2.75) is 84.5 Å². The molecule has 0 aromatic carbocycles. The van der Waals surface area contributed by atoms with Crippen LogP contribution in [0.15, 0.2) is 12.2 Å². The lowest BCUT2D eigenvalue weighted by atomic mass is 10.1. The molecule has 0 fully saturated rings. The summed E-state index contributed by atoms with van der Waals surface area (Å²) in [5, 5.41) is 0. The minimum absolute atomic E-state index is 0.129. The lowest BCUT2D eigenvalue weighted by molar-refractivity contribution is -0.127. The van der Waals surface area contributed by atoms with Crippen molar-refractivity contribution >= 4 is 5.91 Å². The fourth-order valence-corrected chi connectivity index (χ4v) is 2.95. The Morgan fingerprint density at radius 3 is 1.67 bits per heavy atom. The molecule has 1 amide bonds. The largest absolute Gasteiger partial charge is 0.339 e. The molecule has 24 heavy (non-hydrogen) atoms. The zero-order chi connectivity index (χ0) is 18.2. The van der Waals surface area contributed by atoms with Crippen molar-refractivity contribution in [1.82, 2.24) is 9.80 Å². The van der Waals surface area contributed by atoms with Gasteiger partial charge in [0.05, 0.1) is 0 Å². The van der Waals surface area contributed by atoms with Crippen molar-refractivity contribution in [2.75, 3.05) is 33.7 Å². The zero-order valence-corrected chi connectivity index (χ0v) is 16.9. The van der Waals surface area contributed by atoms with Crippen LogP contribution in [0.4, 0.5) is 0 Å². The molecule has 3 heteroatoms. The molecule has 0 rings (SSSR count). The van der Waals surface area contributed by atoms with Crippen LogP contribution in [0.2, 0.25) is 0 Å². The minimum Gasteiger partial charge on any atom is -0.339 e. The SMILES string of the molecule is C=C(C)C(=O)N(CCCCCCCCCCCC)CCCN(C)C. The first-order valence-corrected chi connectivity index (χ1v) is 10.1. The molecule has 3 nitrogen and oxygen atoms in total. The van der Waals surface area contributed by atoms with Crippen LogP contribution in [0, 0.1) is 0 Å². The van der Waals surface area contributed by atoms with E-state index in [2.05, 4.69) is 32.5 Å². The van der Waals surface area contributed by atoms with Gasteiger partial charge in [-0.25, -0.2) is 0 Å². The summed E-state index contributed by atoms with van der Waals surface area (Å²) in [6.45, 7) is 10.7. The van der Waals surface area contributed by atoms with Crippen LogP contribution >= 0.6 is 0 Å². The van der Waals surface area contributed by atoms with E-state index in [4.69, 9.17) is 0 Å². The monoisotopic (exact) mass is 338 g/mol. The van der Waals surface area contributed by atoms with Crippen LogP contribution < -0.4 is 0 Å². The highest BCUT2D eigenvalue weighted by Crippen LogP contribution is 2.11. The predicted octanol–water partition coefficient (Wildman–Crippen LogP) is 5.26. The van der Waals surface area contributed by atoms with E-state index in [0.717, 1.165) is 32.5 Å². The van der Waals surface area contributed by atoms with Gasteiger partial charge in [-0.3, -0.25) is 4.79 Å². The molecule has 0 aliphatic rings. The summed E-state index contributed by atoms with van der Waals surface area (Å²) in [6, 6.07) is 0. The van der Waals surface area contributed by atoms with Gasteiger partial charge in [0.25, 0.3) is 0 Å². The number of carbonyl (C=O) groups excluding carboxylic acids is 1. The Morgan fingerprint density at radius 2 is 1.21 bits per heavy atom. The van der Waals surface area contributed by atoms with Crippen LogP contribution in [0.5, 0.6) is 0 Å². The van der Waals surface area contributed by atoms with Crippen LogP contribution in [-0.2, 0) is 4.79 Å². The van der Waals surface area contributed by atoms with Crippen molar-refractivity contribution in [3.05, 3.63) is 12.2 Å². The smallest absolute Gasteiger partial charge is 0.248 e. The molecule has 0 aromatic heterocycles. The maximum Gasteiger partial charge on any atom is 0.248 e. The Balaban J connectivity index is 3.77. The van der Waals surface area contributed by atoms with Crippen molar-refractivity contribution in [3.8, 4) is 0 Å². The third kappa shape index (κ3) is 13.6. The van der Waals surface area contributed by atoms with Crippen molar-refractivity contribution in [1.29, 1.82) is 0 Å². The van der Waals surface area contributed by atoms with E-state index < -0.39 is 0 Å². The third-order valence-corrected chi connectivity index (χ3v) is 4.47. The predicted molar refractivity (Wildman–Crippen MR) is 106 cm³/mol. The molecule has 0 unspecified atom stereocenters. The normalized spacial score (nSPS) is 11.0. The first-order chi connectivity index (χ1) is 11.5. The van der Waals surface area contributed by atoms with E-state index in [0.29, 0.717) is 5.57 Å². The number of amides is 1. The van der Waals surface area contributed by atoms with E-state index in [1.165, 1.54) is 57.8 Å². The zero-order valence-electron chi connectivity index (χ0n) is 16.9. The number of rotatable bonds is 16. The number of unbranched alkanes of at least 4 members (excludes halogenated alkanes) is 9. The van der Waals surface area contributed by atoms with Crippen molar-refractivity contribution in [2.24, 2.45) is 0 Å². The highest BCUT2D eigenvalue weighted by atomic mass is 16.2. The Kier molecular flexibility index (Phi) is 15.1. The number of hydrogen-bond acceptors (Lipinski definition) is 2. The molecule has 0 heterocycles. The lowest BCUT2D eigenvalue weighted by Gasteiger charge is -2.23. The third-order valence-electron chi connectivity index (χ3n) is 4.47. The molecule has 0 spiro atoms. The van der Waals surface area contributed by atoms with Gasteiger partial charge in [-0.2, -0.15) is 0 Å². The molecule has 0 radical (unpaired) electrons. The standard InChI is InChI=1S/C21H42N2O/c1-6-7-8-9-10-11-12-13-14-15-18-23(21(24)20(2)3)19-16-17-22(4)5/h2,6-19H2,1,3-5H3. The van der Waals surface area contributed by atoms with Gasteiger partial charge in [-0.05, 0) is 40.4 Å². The summed E-state index contributed by atoms with van der Waals surface area (Å²) in [4.78, 5) is 16.4. The molecule has 0 atom stereocenters. The molecule has 0 N–H and O–H groups in total. The average molecular weight is 339 g/mol. The molecule has 0 aromatic rings. The molecular formula is C21H42N2O. The molecule has 142 valence electrons. The summed E-state index contributed by atoms with van der Waals surface area (Å²) in [5.41, 5.74) is 0.659. The highest BCUT2D eigenvalue weighted by Gasteiger charge is 2.13. The van der Waals surface area contributed by atoms with Crippen LogP contribution in [-0.4, -0.2) is 49.4 Å². The maximum absolute atomic E-state index is 12.2. The molecule has 0 saturated heterocycles. The van der Waals surface area contributed by atoms with Crippen LogP contribution in [0.25, 0.3) is 0 Å². The summed E-state index contributed by atoms with van der Waals surface area (Å²) in [6.07, 6.45) is 14.3. The topological polar surface area (TPSA) is 23.6 Å². The maximum atomic E-state index is 12.2. The Bertz CT molecular complexity index is 326. The van der Waals surface area contributed by atoms with Gasteiger partial charge in [0.15, 0.2) is 0 Å². The van der Waals surface area contributed by atoms with E-state index in [-0.39, 0.29) is 5.91 Å². The van der Waals surface area contributed by atoms with Crippen LogP contribution in [0.1, 0.15) is 84.5 Å². The quantitative estimate of drug-likeness (QED) is 0.283. The summed E-state index contributed by atoms with van der Waals surface area (Å²) < 4.78 is 0. The number of nitrogens with zero attached hydrogens (tertiary/aromatic N) is 2. The fourth-order valence-electron chi connectivity index (χ4n) is 2.95. The molecule has 0 aliphatic carbocycles. The summed E-state index contributed by atoms with van der Waals surface area (Å²) in [5.74, 6) is 0.129. The first-order valence-electron chi connectivity index (χ1n) is 10.1. The van der Waals surface area contributed by atoms with Crippen molar-refractivity contribution < 1.29 is 4.79 Å². The Morgan fingerprint density at radius 1 is 0.750 bits per heavy atom. The molecule has 0 bridgehead atoms. The fraction of sp³-hybridized carbons (Fsp3) is 0.857. The molecule has 0 saturated carbocycles. The van der Waals surface area contributed by atoms with Gasteiger partial charge in [-0.1, -0.05) is 71.3 Å². The lowest BCUT2D eigenvalue weighted by Crippen LogP contribution is -2.34. The van der Waals surface area contributed by atoms with E-state index in [9.17, 15) is 4.79 Å². The van der Waals surface area contributed by atoms with Gasteiger partial charge in [0.2, 0.25) is 5.91 Å². The second-order valence-corrected chi connectivity index (χ2v) is 7.41. The molecular weight excluding hydrogens is 296 g/mol. The van der Waals surface area contributed by atoms with E-state index in [1.54, 1.807) is 0 Å². The van der Waals surface area contributed by atoms with E-state index >= 15 is 0 Å². The second kappa shape index (κ2) is 15.7. The Hall–Kier alpha value is -0.830. The van der Waals surface area contributed by atoms with Gasteiger partial charge in [0.1, 0.15) is 0 Å². The summed E-state index contributed by atoms with van der Waals surface area (Å²) in [7, 11) is 4.15. The number of carbonyl (C=O) groups is 1.